The summed E-state index contributed by atoms with van der Waals surface area (Å²) >= 11 is 0. The smallest absolute Gasteiger partial charge is 0.341 e. The Morgan fingerprint density at radius 3 is 2.56 bits per heavy atom. The lowest BCUT2D eigenvalue weighted by atomic mass is 10.0. The van der Waals surface area contributed by atoms with Crippen LogP contribution in [0.1, 0.15) is 33.6 Å². The maximum atomic E-state index is 12.6. The number of aliphatic carboxylic acids is 1. The molecule has 3 rings (SSSR count). The van der Waals surface area contributed by atoms with E-state index in [9.17, 15) is 24.0 Å². The van der Waals surface area contributed by atoms with Crippen molar-refractivity contribution < 1.29 is 33.8 Å². The molecule has 1 unspecified atom stereocenters. The van der Waals surface area contributed by atoms with Gasteiger partial charge in [0, 0.05) is 13.5 Å². The van der Waals surface area contributed by atoms with Gasteiger partial charge in [-0.1, -0.05) is 0 Å². The number of nitrogens with zero attached hydrogens (tertiary/aromatic N) is 2. The summed E-state index contributed by atoms with van der Waals surface area (Å²) in [6.07, 6.45) is 0.142. The summed E-state index contributed by atoms with van der Waals surface area (Å²) in [6.45, 7) is -0.585. The Morgan fingerprint density at radius 1 is 1.20 bits per heavy atom. The molecule has 25 heavy (non-hydrogen) atoms. The molecule has 1 N–H and O–H groups in total. The van der Waals surface area contributed by atoms with E-state index in [1.807, 2.05) is 0 Å². The van der Waals surface area contributed by atoms with Crippen molar-refractivity contribution in [3.8, 4) is 5.75 Å². The summed E-state index contributed by atoms with van der Waals surface area (Å²) in [5.41, 5.74) is 0.153. The second kappa shape index (κ2) is 6.00. The van der Waals surface area contributed by atoms with Crippen LogP contribution in [0.3, 0.4) is 0 Å². The molecule has 1 aromatic rings. The summed E-state index contributed by atoms with van der Waals surface area (Å²) in [7, 11) is 1.31. The quantitative estimate of drug-likeness (QED) is 0.755. The maximum Gasteiger partial charge on any atom is 0.341 e. The van der Waals surface area contributed by atoms with Crippen LogP contribution in [0.4, 0.5) is 0 Å². The Balaban J connectivity index is 1.88. The van der Waals surface area contributed by atoms with Gasteiger partial charge < -0.3 is 9.84 Å². The number of ether oxygens (including phenoxy) is 1. The highest BCUT2D eigenvalue weighted by atomic mass is 16.5. The number of imide groups is 2. The minimum atomic E-state index is -1.18. The number of hydrogen-bond acceptors (Lipinski definition) is 6. The van der Waals surface area contributed by atoms with E-state index in [2.05, 4.69) is 0 Å². The molecule has 0 radical (unpaired) electrons. The number of rotatable bonds is 4. The topological polar surface area (TPSA) is 121 Å². The van der Waals surface area contributed by atoms with Gasteiger partial charge in [-0.3, -0.25) is 29.0 Å². The van der Waals surface area contributed by atoms with Gasteiger partial charge in [-0.15, -0.1) is 0 Å². The van der Waals surface area contributed by atoms with Crippen molar-refractivity contribution in [1.82, 2.24) is 9.80 Å². The fourth-order valence-corrected chi connectivity index (χ4v) is 2.89. The van der Waals surface area contributed by atoms with Crippen molar-refractivity contribution in [1.29, 1.82) is 0 Å². The van der Waals surface area contributed by atoms with Gasteiger partial charge >= 0.3 is 5.97 Å². The predicted molar refractivity (Wildman–Crippen MR) is 80.9 cm³/mol. The van der Waals surface area contributed by atoms with Gasteiger partial charge in [-0.05, 0) is 24.6 Å². The number of amides is 4. The van der Waals surface area contributed by atoms with Crippen molar-refractivity contribution in [2.24, 2.45) is 0 Å². The summed E-state index contributed by atoms with van der Waals surface area (Å²) in [6, 6.07) is 2.99. The van der Waals surface area contributed by atoms with Crippen molar-refractivity contribution >= 4 is 29.6 Å². The van der Waals surface area contributed by atoms with Gasteiger partial charge in [-0.25, -0.2) is 4.79 Å². The van der Waals surface area contributed by atoms with Crippen LogP contribution in [0.5, 0.6) is 5.75 Å². The Hall–Kier alpha value is -3.23. The average molecular weight is 346 g/mol. The molecule has 0 aliphatic carbocycles. The molecule has 2 aliphatic rings. The molecular weight excluding hydrogens is 332 g/mol. The maximum absolute atomic E-state index is 12.6. The Labute approximate surface area is 141 Å². The lowest BCUT2D eigenvalue weighted by Gasteiger charge is -2.32. The molecule has 1 atom stereocenters. The average Bonchev–Trinajstić information content (AvgIpc) is 2.82. The van der Waals surface area contributed by atoms with E-state index >= 15 is 0 Å². The number of fused-ring (bicyclic) bond motifs is 1. The highest BCUT2D eigenvalue weighted by Gasteiger charge is 2.46. The van der Waals surface area contributed by atoms with Gasteiger partial charge in [0.05, 0.1) is 11.1 Å². The lowest BCUT2D eigenvalue weighted by molar-refractivity contribution is -0.149. The number of likely N-dealkylation sites (tertiary alicyclic amines) is 1. The minimum absolute atomic E-state index is 0.0419. The largest absolute Gasteiger partial charge is 0.482 e. The van der Waals surface area contributed by atoms with Gasteiger partial charge in [-0.2, -0.15) is 0 Å². The Kier molecular flexibility index (Phi) is 3.99. The van der Waals surface area contributed by atoms with Crippen molar-refractivity contribution in [3.05, 3.63) is 29.3 Å². The van der Waals surface area contributed by atoms with E-state index in [0.717, 1.165) is 9.80 Å². The number of carbonyl (C=O) groups excluding carboxylic acids is 4. The van der Waals surface area contributed by atoms with Gasteiger partial charge in [0.25, 0.3) is 17.7 Å². The molecule has 0 spiro atoms. The minimum Gasteiger partial charge on any atom is -0.482 e. The molecular formula is C16H14N2O7. The van der Waals surface area contributed by atoms with Crippen LogP contribution in [-0.2, 0) is 14.4 Å². The fraction of sp³-hybridized carbons (Fsp3) is 0.312. The molecule has 0 saturated carbocycles. The normalized spacial score (nSPS) is 20.1. The molecule has 0 bridgehead atoms. The fourth-order valence-electron chi connectivity index (χ4n) is 2.89. The molecule has 0 aromatic heterocycles. The molecule has 2 heterocycles. The number of carbonyl (C=O) groups is 5. The van der Waals surface area contributed by atoms with Gasteiger partial charge in [0.15, 0.2) is 6.61 Å². The van der Waals surface area contributed by atoms with Crippen molar-refractivity contribution in [2.75, 3.05) is 13.7 Å². The Morgan fingerprint density at radius 2 is 1.88 bits per heavy atom. The number of likely N-dealkylation sites (N-methyl/N-ethyl adjacent to an activating group) is 1. The first-order valence-electron chi connectivity index (χ1n) is 7.48. The van der Waals surface area contributed by atoms with Crippen LogP contribution in [0.2, 0.25) is 0 Å². The van der Waals surface area contributed by atoms with E-state index in [-0.39, 0.29) is 35.6 Å². The highest BCUT2D eigenvalue weighted by molar-refractivity contribution is 6.23. The van der Waals surface area contributed by atoms with Crippen LogP contribution in [0, 0.1) is 0 Å². The van der Waals surface area contributed by atoms with Crippen LogP contribution in [-0.4, -0.2) is 64.2 Å². The van der Waals surface area contributed by atoms with E-state index in [1.54, 1.807) is 0 Å². The summed E-state index contributed by atoms with van der Waals surface area (Å²) in [5.74, 6) is -3.29. The first-order chi connectivity index (χ1) is 11.8. The molecule has 1 saturated heterocycles. The first-order valence-corrected chi connectivity index (χ1v) is 7.48. The molecule has 1 aromatic carbocycles. The molecule has 1 fully saturated rings. The lowest BCUT2D eigenvalue weighted by Crippen LogP contribution is -2.54. The Bertz CT molecular complexity index is 817. The monoisotopic (exact) mass is 346 g/mol. The SMILES string of the molecule is CN1C(=O)CCC(N2C(=O)c3ccc(OCC(=O)O)cc3C2=O)C1=O. The number of carboxylic acids is 1. The third kappa shape index (κ3) is 2.73. The zero-order chi connectivity index (χ0) is 18.3. The molecule has 130 valence electrons. The summed E-state index contributed by atoms with van der Waals surface area (Å²) < 4.78 is 5.01. The first kappa shape index (κ1) is 16.6. The molecule has 4 amide bonds. The van der Waals surface area contributed by atoms with E-state index in [0.29, 0.717) is 0 Å². The molecule has 9 nitrogen and oxygen atoms in total. The third-order valence-electron chi connectivity index (χ3n) is 4.18. The van der Waals surface area contributed by atoms with Crippen molar-refractivity contribution in [3.63, 3.8) is 0 Å². The number of benzene rings is 1. The zero-order valence-corrected chi connectivity index (χ0v) is 13.2. The van der Waals surface area contributed by atoms with Crippen LogP contribution in [0.15, 0.2) is 18.2 Å². The standard InChI is InChI=1S/C16H14N2O7/c1-17-12(19)5-4-11(16(17)24)18-14(22)9-3-2-8(25-7-13(20)21)6-10(9)15(18)23/h2-3,6,11H,4-5,7H2,1H3,(H,20,21). The number of hydrogen-bond donors (Lipinski definition) is 1. The highest BCUT2D eigenvalue weighted by Crippen LogP contribution is 2.31. The van der Waals surface area contributed by atoms with Crippen LogP contribution < -0.4 is 4.74 Å². The van der Waals surface area contributed by atoms with Crippen molar-refractivity contribution in [2.45, 2.75) is 18.9 Å². The van der Waals surface area contributed by atoms with E-state index < -0.39 is 36.3 Å². The summed E-state index contributed by atoms with van der Waals surface area (Å²) in [5, 5.41) is 8.63. The molecule has 9 heteroatoms. The van der Waals surface area contributed by atoms with Gasteiger partial charge in [0.1, 0.15) is 11.8 Å². The van der Waals surface area contributed by atoms with Crippen LogP contribution in [0.25, 0.3) is 0 Å². The third-order valence-corrected chi connectivity index (χ3v) is 4.18. The zero-order valence-electron chi connectivity index (χ0n) is 13.2. The summed E-state index contributed by atoms with van der Waals surface area (Å²) in [4.78, 5) is 61.3. The van der Waals surface area contributed by atoms with E-state index in [4.69, 9.17) is 9.84 Å². The van der Waals surface area contributed by atoms with Crippen LogP contribution >= 0.6 is 0 Å². The predicted octanol–water partition coefficient (Wildman–Crippen LogP) is -0.107. The number of carboxylic acid groups (broad SMARTS) is 1. The second-order valence-electron chi connectivity index (χ2n) is 5.72. The number of piperidine rings is 1. The van der Waals surface area contributed by atoms with E-state index in [1.165, 1.54) is 25.2 Å². The second-order valence-corrected chi connectivity index (χ2v) is 5.72. The van der Waals surface area contributed by atoms with Gasteiger partial charge in [0.2, 0.25) is 5.91 Å². The molecule has 2 aliphatic heterocycles.